The van der Waals surface area contributed by atoms with E-state index in [2.05, 4.69) is 0 Å². The van der Waals surface area contributed by atoms with Crippen LogP contribution in [0.25, 0.3) is 0 Å². The van der Waals surface area contributed by atoms with E-state index in [1.807, 2.05) is 30.3 Å². The van der Waals surface area contributed by atoms with Gasteiger partial charge in [-0.05, 0) is 41.3 Å². The molecule has 4 N–H and O–H groups in total. The lowest BCUT2D eigenvalue weighted by molar-refractivity contribution is -0.0820. The van der Waals surface area contributed by atoms with Gasteiger partial charge in [0, 0.05) is 11.4 Å². The van der Waals surface area contributed by atoms with E-state index in [0.29, 0.717) is 23.6 Å². The van der Waals surface area contributed by atoms with Gasteiger partial charge < -0.3 is 34.6 Å². The van der Waals surface area contributed by atoms with E-state index in [4.69, 9.17) is 30.9 Å². The van der Waals surface area contributed by atoms with Crippen LogP contribution >= 0.6 is 11.6 Å². The third-order valence-corrected chi connectivity index (χ3v) is 6.14. The van der Waals surface area contributed by atoms with Crippen molar-refractivity contribution < 1.29 is 34.6 Å². The van der Waals surface area contributed by atoms with E-state index in [9.17, 15) is 15.3 Å². The molecule has 0 aliphatic carbocycles. The lowest BCUT2D eigenvalue weighted by Crippen LogP contribution is -2.40. The number of aliphatic hydroxyl groups is 4. The molecule has 2 heterocycles. The summed E-state index contributed by atoms with van der Waals surface area (Å²) < 4.78 is 16.9. The van der Waals surface area contributed by atoms with E-state index in [0.717, 1.165) is 29.9 Å². The molecule has 8 heteroatoms. The van der Waals surface area contributed by atoms with Crippen molar-refractivity contribution in [3.8, 4) is 5.75 Å². The van der Waals surface area contributed by atoms with Gasteiger partial charge in [0.05, 0.1) is 19.8 Å². The van der Waals surface area contributed by atoms with Gasteiger partial charge in [-0.2, -0.15) is 0 Å². The van der Waals surface area contributed by atoms with Crippen LogP contribution in [0.1, 0.15) is 29.2 Å². The Morgan fingerprint density at radius 1 is 1.10 bits per heavy atom. The van der Waals surface area contributed by atoms with Crippen LogP contribution in [0.4, 0.5) is 0 Å². The summed E-state index contributed by atoms with van der Waals surface area (Å²) in [4.78, 5) is 0. The number of ether oxygens (including phenoxy) is 3. The first kappa shape index (κ1) is 22.5. The molecule has 2 aromatic rings. The quantitative estimate of drug-likeness (QED) is 0.507. The second-order valence-corrected chi connectivity index (χ2v) is 8.43. The van der Waals surface area contributed by atoms with Crippen LogP contribution < -0.4 is 4.74 Å². The second-order valence-electron chi connectivity index (χ2n) is 8.03. The maximum atomic E-state index is 10.4. The molecule has 0 spiro atoms. The van der Waals surface area contributed by atoms with Gasteiger partial charge in [-0.1, -0.05) is 35.9 Å². The molecule has 2 aliphatic heterocycles. The number of aliphatic hydroxyl groups excluding tert-OH is 4. The highest BCUT2D eigenvalue weighted by molar-refractivity contribution is 6.31. The van der Waals surface area contributed by atoms with Crippen LogP contribution in [-0.4, -0.2) is 70.8 Å². The lowest BCUT2D eigenvalue weighted by atomic mass is 9.96. The Labute approximate surface area is 185 Å². The second kappa shape index (κ2) is 9.83. The first-order valence-corrected chi connectivity index (χ1v) is 10.8. The topological polar surface area (TPSA) is 109 Å². The minimum atomic E-state index is -1.30. The Hall–Kier alpha value is -1.71. The van der Waals surface area contributed by atoms with E-state index >= 15 is 0 Å². The predicted molar refractivity (Wildman–Crippen MR) is 113 cm³/mol. The van der Waals surface area contributed by atoms with Crippen molar-refractivity contribution in [2.24, 2.45) is 0 Å². The summed E-state index contributed by atoms with van der Waals surface area (Å²) in [5.74, 6) is 0.795. The molecular weight excluding hydrogens is 424 g/mol. The van der Waals surface area contributed by atoms with E-state index in [1.54, 1.807) is 12.1 Å². The Morgan fingerprint density at radius 2 is 1.87 bits per heavy atom. The molecule has 31 heavy (non-hydrogen) atoms. The average Bonchev–Trinajstić information content (AvgIpc) is 3.39. The third-order valence-electron chi connectivity index (χ3n) is 5.77. The molecule has 2 fully saturated rings. The summed E-state index contributed by atoms with van der Waals surface area (Å²) in [6.45, 7) is 0.776. The lowest BCUT2D eigenvalue weighted by Gasteiger charge is -2.19. The van der Waals surface area contributed by atoms with Crippen LogP contribution in [0.3, 0.4) is 0 Å². The van der Waals surface area contributed by atoms with Crippen molar-refractivity contribution in [3.63, 3.8) is 0 Å². The van der Waals surface area contributed by atoms with Crippen LogP contribution in [0.2, 0.25) is 5.02 Å². The van der Waals surface area contributed by atoms with Crippen LogP contribution in [0.15, 0.2) is 42.5 Å². The molecule has 2 saturated heterocycles. The van der Waals surface area contributed by atoms with Gasteiger partial charge in [0.2, 0.25) is 0 Å². The maximum absolute atomic E-state index is 10.4. The van der Waals surface area contributed by atoms with Gasteiger partial charge in [0.15, 0.2) is 0 Å². The SMILES string of the molecule is OC[C@@H](O)C1O[C@H](c2ccc(Cl)c(Cc3ccc(O[C@H]4CCOC4)cc3)c2)[C@H](O)[C@H]1O. The molecule has 0 saturated carbocycles. The van der Waals surface area contributed by atoms with Crippen LogP contribution in [-0.2, 0) is 15.9 Å². The summed E-state index contributed by atoms with van der Waals surface area (Å²) in [6.07, 6.45) is -4.15. The normalized spacial score (nSPS) is 29.3. The average molecular weight is 451 g/mol. The summed E-state index contributed by atoms with van der Waals surface area (Å²) in [5.41, 5.74) is 2.52. The van der Waals surface area contributed by atoms with Crippen molar-refractivity contribution >= 4 is 11.6 Å². The first-order valence-electron chi connectivity index (χ1n) is 10.4. The van der Waals surface area contributed by atoms with Gasteiger partial charge in [0.25, 0.3) is 0 Å². The third kappa shape index (κ3) is 5.04. The van der Waals surface area contributed by atoms with Gasteiger partial charge in [0.1, 0.15) is 42.4 Å². The Kier molecular flexibility index (Phi) is 7.13. The molecule has 7 nitrogen and oxygen atoms in total. The highest BCUT2D eigenvalue weighted by Crippen LogP contribution is 2.36. The smallest absolute Gasteiger partial charge is 0.124 e. The number of benzene rings is 2. The van der Waals surface area contributed by atoms with Gasteiger partial charge >= 0.3 is 0 Å². The number of halogens is 1. The molecular formula is C23H27ClO7. The molecule has 2 aromatic carbocycles. The predicted octanol–water partition coefficient (Wildman–Crippen LogP) is 1.61. The van der Waals surface area contributed by atoms with Crippen molar-refractivity contribution in [1.82, 2.24) is 0 Å². The number of hydrogen-bond acceptors (Lipinski definition) is 7. The molecule has 168 valence electrons. The van der Waals surface area contributed by atoms with Crippen molar-refractivity contribution in [1.29, 1.82) is 0 Å². The van der Waals surface area contributed by atoms with Gasteiger partial charge in [-0.15, -0.1) is 0 Å². The van der Waals surface area contributed by atoms with E-state index < -0.39 is 37.1 Å². The molecule has 2 aliphatic rings. The van der Waals surface area contributed by atoms with Gasteiger partial charge in [-0.3, -0.25) is 0 Å². The molecule has 0 bridgehead atoms. The summed E-state index contributed by atoms with van der Waals surface area (Å²) in [7, 11) is 0. The Balaban J connectivity index is 1.47. The number of hydrogen-bond donors (Lipinski definition) is 4. The van der Waals surface area contributed by atoms with E-state index in [1.165, 1.54) is 0 Å². The van der Waals surface area contributed by atoms with Crippen LogP contribution in [0, 0.1) is 0 Å². The largest absolute Gasteiger partial charge is 0.488 e. The standard InChI is InChI=1S/C23H27ClO7/c24-18-6-3-14(22-20(27)21(28)23(31-22)19(26)11-25)10-15(18)9-13-1-4-16(5-2-13)30-17-7-8-29-12-17/h1-6,10,17,19-23,25-28H,7-9,11-12H2/t17-,19+,20+,21+,22+,23?/m0/s1. The van der Waals surface area contributed by atoms with Crippen LogP contribution in [0.5, 0.6) is 5.75 Å². The minimum Gasteiger partial charge on any atom is -0.488 e. The molecule has 4 rings (SSSR count). The van der Waals surface area contributed by atoms with Crippen molar-refractivity contribution in [3.05, 3.63) is 64.2 Å². The molecule has 0 aromatic heterocycles. The summed E-state index contributed by atoms with van der Waals surface area (Å²) >= 11 is 6.40. The fourth-order valence-electron chi connectivity index (χ4n) is 4.01. The number of rotatable bonds is 7. The first-order chi connectivity index (χ1) is 15.0. The highest BCUT2D eigenvalue weighted by Gasteiger charge is 2.46. The molecule has 6 atom stereocenters. The Bertz CT molecular complexity index is 869. The minimum absolute atomic E-state index is 0.0957. The molecule has 0 amide bonds. The zero-order valence-electron chi connectivity index (χ0n) is 16.9. The monoisotopic (exact) mass is 450 g/mol. The van der Waals surface area contributed by atoms with Gasteiger partial charge in [-0.25, -0.2) is 0 Å². The zero-order valence-corrected chi connectivity index (χ0v) is 17.7. The van der Waals surface area contributed by atoms with Crippen molar-refractivity contribution in [2.45, 2.75) is 49.5 Å². The van der Waals surface area contributed by atoms with E-state index in [-0.39, 0.29) is 6.10 Å². The zero-order chi connectivity index (χ0) is 22.0. The fourth-order valence-corrected chi connectivity index (χ4v) is 4.20. The molecule has 1 unspecified atom stereocenters. The Morgan fingerprint density at radius 3 is 2.55 bits per heavy atom. The molecule has 0 radical (unpaired) electrons. The summed E-state index contributed by atoms with van der Waals surface area (Å²) in [5, 5.41) is 40.1. The summed E-state index contributed by atoms with van der Waals surface area (Å²) in [6, 6.07) is 13.1. The van der Waals surface area contributed by atoms with Crippen molar-refractivity contribution in [2.75, 3.05) is 19.8 Å². The fraction of sp³-hybridized carbons (Fsp3) is 0.478. The maximum Gasteiger partial charge on any atom is 0.124 e. The highest BCUT2D eigenvalue weighted by atomic mass is 35.5.